The van der Waals surface area contributed by atoms with Crippen molar-refractivity contribution in [1.29, 1.82) is 0 Å². The van der Waals surface area contributed by atoms with Crippen LogP contribution in [0.5, 0.6) is 11.5 Å². The number of carbonyl (C=O) groups excluding carboxylic acids is 1. The number of hydrogen-bond acceptors (Lipinski definition) is 3. The number of urea groups is 1. The summed E-state index contributed by atoms with van der Waals surface area (Å²) in [5.41, 5.74) is 1.00. The van der Waals surface area contributed by atoms with Gasteiger partial charge < -0.3 is 19.3 Å². The lowest BCUT2D eigenvalue weighted by Gasteiger charge is -2.25. The molecular formula is C18H28N2O3. The van der Waals surface area contributed by atoms with E-state index >= 15 is 0 Å². The number of benzene rings is 1. The van der Waals surface area contributed by atoms with Gasteiger partial charge in [-0.25, -0.2) is 4.79 Å². The first-order valence-electron chi connectivity index (χ1n) is 8.28. The van der Waals surface area contributed by atoms with Crippen LogP contribution in [-0.2, 0) is 6.54 Å². The van der Waals surface area contributed by atoms with Gasteiger partial charge in [0.25, 0.3) is 0 Å². The van der Waals surface area contributed by atoms with Gasteiger partial charge in [0.1, 0.15) is 11.5 Å². The third kappa shape index (κ3) is 3.71. The van der Waals surface area contributed by atoms with Gasteiger partial charge in [0.15, 0.2) is 0 Å². The van der Waals surface area contributed by atoms with Gasteiger partial charge in [-0.1, -0.05) is 20.8 Å². The van der Waals surface area contributed by atoms with Crippen LogP contribution in [0.15, 0.2) is 18.2 Å². The Morgan fingerprint density at radius 3 is 2.57 bits per heavy atom. The third-order valence-electron chi connectivity index (χ3n) is 4.41. The SMILES string of the molecule is CCCN1C(=O)N(Cc2ccc(OC)cc2OC)C[C@@H]1C(C)C. The number of carbonyl (C=O) groups is 1. The fourth-order valence-corrected chi connectivity index (χ4v) is 3.12. The molecule has 0 aliphatic carbocycles. The van der Waals surface area contributed by atoms with Crippen molar-refractivity contribution in [3.8, 4) is 11.5 Å². The standard InChI is InChI=1S/C18H28N2O3/c1-6-9-20-16(13(2)3)12-19(18(20)21)11-14-7-8-15(22-4)10-17(14)23-5/h7-8,10,13,16H,6,9,11-12H2,1-5H3/t16-/m1/s1. The zero-order valence-corrected chi connectivity index (χ0v) is 14.8. The molecule has 1 aromatic rings. The Bertz CT molecular complexity index is 545. The van der Waals surface area contributed by atoms with E-state index in [-0.39, 0.29) is 12.1 Å². The summed E-state index contributed by atoms with van der Waals surface area (Å²) in [5.74, 6) is 1.96. The average Bonchev–Trinajstić information content (AvgIpc) is 2.85. The minimum Gasteiger partial charge on any atom is -0.497 e. The van der Waals surface area contributed by atoms with Crippen molar-refractivity contribution in [1.82, 2.24) is 9.80 Å². The molecule has 0 bridgehead atoms. The number of methoxy groups -OCH3 is 2. The highest BCUT2D eigenvalue weighted by molar-refractivity contribution is 5.77. The van der Waals surface area contributed by atoms with E-state index in [1.807, 2.05) is 28.0 Å². The molecule has 5 heteroatoms. The van der Waals surface area contributed by atoms with Crippen LogP contribution in [0.3, 0.4) is 0 Å². The van der Waals surface area contributed by atoms with Gasteiger partial charge in [-0.3, -0.25) is 0 Å². The lowest BCUT2D eigenvalue weighted by molar-refractivity contribution is 0.178. The number of hydrogen-bond donors (Lipinski definition) is 0. The molecule has 23 heavy (non-hydrogen) atoms. The molecular weight excluding hydrogens is 292 g/mol. The lowest BCUT2D eigenvalue weighted by atomic mass is 10.0. The predicted octanol–water partition coefficient (Wildman–Crippen LogP) is 3.38. The van der Waals surface area contributed by atoms with Crippen molar-refractivity contribution in [3.63, 3.8) is 0 Å². The summed E-state index contributed by atoms with van der Waals surface area (Å²) < 4.78 is 10.7. The Balaban J connectivity index is 2.18. The predicted molar refractivity (Wildman–Crippen MR) is 91.0 cm³/mol. The molecule has 0 N–H and O–H groups in total. The Morgan fingerprint density at radius 2 is 2.00 bits per heavy atom. The Morgan fingerprint density at radius 1 is 1.26 bits per heavy atom. The van der Waals surface area contributed by atoms with E-state index in [1.54, 1.807) is 14.2 Å². The van der Waals surface area contributed by atoms with Crippen molar-refractivity contribution < 1.29 is 14.3 Å². The molecule has 128 valence electrons. The summed E-state index contributed by atoms with van der Waals surface area (Å²) in [6.45, 7) is 8.62. The summed E-state index contributed by atoms with van der Waals surface area (Å²) in [7, 11) is 3.28. The third-order valence-corrected chi connectivity index (χ3v) is 4.41. The van der Waals surface area contributed by atoms with E-state index in [9.17, 15) is 4.79 Å². The number of rotatable bonds is 7. The second-order valence-corrected chi connectivity index (χ2v) is 6.35. The molecule has 2 amide bonds. The minimum atomic E-state index is 0.128. The normalized spacial score (nSPS) is 18.0. The first-order chi connectivity index (χ1) is 11.0. The van der Waals surface area contributed by atoms with E-state index in [4.69, 9.17) is 9.47 Å². The molecule has 1 fully saturated rings. The second kappa shape index (κ2) is 7.57. The van der Waals surface area contributed by atoms with Crippen molar-refractivity contribution in [2.24, 2.45) is 5.92 Å². The molecule has 5 nitrogen and oxygen atoms in total. The van der Waals surface area contributed by atoms with E-state index in [1.165, 1.54) is 0 Å². The maximum Gasteiger partial charge on any atom is 0.320 e. The topological polar surface area (TPSA) is 42.0 Å². The fraction of sp³-hybridized carbons (Fsp3) is 0.611. The maximum atomic E-state index is 12.7. The Labute approximate surface area is 139 Å². The van der Waals surface area contributed by atoms with Gasteiger partial charge >= 0.3 is 6.03 Å². The highest BCUT2D eigenvalue weighted by Crippen LogP contribution is 2.29. The van der Waals surface area contributed by atoms with Crippen LogP contribution < -0.4 is 9.47 Å². The van der Waals surface area contributed by atoms with Crippen molar-refractivity contribution in [3.05, 3.63) is 23.8 Å². The highest BCUT2D eigenvalue weighted by atomic mass is 16.5. The van der Waals surface area contributed by atoms with E-state index < -0.39 is 0 Å². The van der Waals surface area contributed by atoms with Crippen LogP contribution in [0, 0.1) is 5.92 Å². The van der Waals surface area contributed by atoms with E-state index in [0.29, 0.717) is 12.5 Å². The molecule has 0 unspecified atom stereocenters. The first-order valence-corrected chi connectivity index (χ1v) is 8.28. The number of amides is 2. The largest absolute Gasteiger partial charge is 0.497 e. The van der Waals surface area contributed by atoms with Gasteiger partial charge in [0.05, 0.1) is 26.8 Å². The summed E-state index contributed by atoms with van der Waals surface area (Å²) >= 11 is 0. The summed E-state index contributed by atoms with van der Waals surface area (Å²) in [6, 6.07) is 6.15. The lowest BCUT2D eigenvalue weighted by Crippen LogP contribution is -2.38. The van der Waals surface area contributed by atoms with Crippen molar-refractivity contribution >= 4 is 6.03 Å². The molecule has 1 aromatic carbocycles. The quantitative estimate of drug-likeness (QED) is 0.773. The fourth-order valence-electron chi connectivity index (χ4n) is 3.12. The summed E-state index contributed by atoms with van der Waals surface area (Å²) in [4.78, 5) is 16.7. The van der Waals surface area contributed by atoms with Gasteiger partial charge in [-0.2, -0.15) is 0 Å². The van der Waals surface area contributed by atoms with Crippen LogP contribution in [-0.4, -0.2) is 49.2 Å². The minimum absolute atomic E-state index is 0.128. The molecule has 1 aliphatic heterocycles. The number of nitrogens with zero attached hydrogens (tertiary/aromatic N) is 2. The molecule has 1 heterocycles. The van der Waals surface area contributed by atoms with E-state index in [0.717, 1.165) is 36.6 Å². The van der Waals surface area contributed by atoms with Crippen LogP contribution in [0.2, 0.25) is 0 Å². The molecule has 0 spiro atoms. The van der Waals surface area contributed by atoms with Gasteiger partial charge in [-0.05, 0) is 24.5 Å². The van der Waals surface area contributed by atoms with Crippen LogP contribution in [0.1, 0.15) is 32.8 Å². The number of ether oxygens (including phenoxy) is 2. The summed E-state index contributed by atoms with van der Waals surface area (Å²) in [6.07, 6.45) is 0.981. The van der Waals surface area contributed by atoms with Gasteiger partial charge in [0.2, 0.25) is 0 Å². The molecule has 2 rings (SSSR count). The Kier molecular flexibility index (Phi) is 5.74. The smallest absolute Gasteiger partial charge is 0.320 e. The average molecular weight is 320 g/mol. The zero-order valence-electron chi connectivity index (χ0n) is 14.8. The van der Waals surface area contributed by atoms with Crippen molar-refractivity contribution in [2.45, 2.75) is 39.8 Å². The maximum absolute atomic E-state index is 12.7. The molecule has 0 aromatic heterocycles. The highest BCUT2D eigenvalue weighted by Gasteiger charge is 2.38. The second-order valence-electron chi connectivity index (χ2n) is 6.35. The molecule has 1 saturated heterocycles. The first kappa shape index (κ1) is 17.4. The van der Waals surface area contributed by atoms with Crippen LogP contribution in [0.4, 0.5) is 4.79 Å². The van der Waals surface area contributed by atoms with Gasteiger partial charge in [0, 0.05) is 24.7 Å². The molecule has 0 radical (unpaired) electrons. The van der Waals surface area contributed by atoms with E-state index in [2.05, 4.69) is 20.8 Å². The summed E-state index contributed by atoms with van der Waals surface area (Å²) in [5, 5.41) is 0. The van der Waals surface area contributed by atoms with Crippen LogP contribution >= 0.6 is 0 Å². The molecule has 1 atom stereocenters. The van der Waals surface area contributed by atoms with Crippen LogP contribution in [0.25, 0.3) is 0 Å². The Hall–Kier alpha value is -1.91. The monoisotopic (exact) mass is 320 g/mol. The van der Waals surface area contributed by atoms with Crippen molar-refractivity contribution in [2.75, 3.05) is 27.3 Å². The zero-order chi connectivity index (χ0) is 17.0. The molecule has 0 saturated carbocycles. The van der Waals surface area contributed by atoms with Gasteiger partial charge in [-0.15, -0.1) is 0 Å². The molecule has 1 aliphatic rings.